The van der Waals surface area contributed by atoms with Crippen LogP contribution in [0.1, 0.15) is 28.4 Å². The molecule has 0 saturated heterocycles. The Kier molecular flexibility index (Phi) is 8.51. The van der Waals surface area contributed by atoms with Gasteiger partial charge in [0.2, 0.25) is 0 Å². The van der Waals surface area contributed by atoms with Crippen LogP contribution >= 0.6 is 0 Å². The molecule has 0 aliphatic carbocycles. The van der Waals surface area contributed by atoms with Crippen LogP contribution in [0.15, 0.2) is 102 Å². The topological polar surface area (TPSA) is 86.2 Å². The van der Waals surface area contributed by atoms with E-state index in [-0.39, 0.29) is 5.75 Å². The lowest BCUT2D eigenvalue weighted by Crippen LogP contribution is -2.33. The Hall–Kier alpha value is -4.91. The quantitative estimate of drug-likeness (QED) is 0.134. The second kappa shape index (κ2) is 12.4. The van der Waals surface area contributed by atoms with Crippen LogP contribution in [-0.4, -0.2) is 31.3 Å². The number of rotatable bonds is 9. The van der Waals surface area contributed by atoms with Gasteiger partial charge in [0, 0.05) is 0 Å². The Bertz CT molecular complexity index is 1420. The fourth-order valence-electron chi connectivity index (χ4n) is 3.57. The summed E-state index contributed by atoms with van der Waals surface area (Å²) in [5, 5.41) is 4.01. The fourth-order valence-corrected chi connectivity index (χ4v) is 3.57. The van der Waals surface area contributed by atoms with E-state index in [0.29, 0.717) is 22.6 Å². The number of hydrogen-bond donors (Lipinski definition) is 1. The van der Waals surface area contributed by atoms with Crippen LogP contribution in [-0.2, 0) is 4.79 Å². The van der Waals surface area contributed by atoms with E-state index in [1.807, 2.05) is 73.7 Å². The van der Waals surface area contributed by atoms with E-state index < -0.39 is 18.0 Å². The average molecular weight is 509 g/mol. The Morgan fingerprint density at radius 1 is 0.842 bits per heavy atom. The normalized spacial score (nSPS) is 11.6. The van der Waals surface area contributed by atoms with Crippen LogP contribution in [0.2, 0.25) is 0 Å². The molecule has 1 unspecified atom stereocenters. The average Bonchev–Trinajstić information content (AvgIpc) is 2.94. The van der Waals surface area contributed by atoms with E-state index in [9.17, 15) is 9.59 Å². The van der Waals surface area contributed by atoms with Crippen LogP contribution in [0.4, 0.5) is 0 Å². The zero-order valence-electron chi connectivity index (χ0n) is 21.4. The van der Waals surface area contributed by atoms with Crippen LogP contribution in [0.25, 0.3) is 11.1 Å². The first-order chi connectivity index (χ1) is 18.4. The molecule has 1 atom stereocenters. The number of methoxy groups -OCH3 is 1. The monoisotopic (exact) mass is 508 g/mol. The molecule has 1 N–H and O–H groups in total. The van der Waals surface area contributed by atoms with Gasteiger partial charge in [-0.05, 0) is 73.0 Å². The predicted octanol–water partition coefficient (Wildman–Crippen LogP) is 5.81. The number of benzene rings is 4. The van der Waals surface area contributed by atoms with E-state index >= 15 is 0 Å². The second-order valence-electron chi connectivity index (χ2n) is 8.55. The summed E-state index contributed by atoms with van der Waals surface area (Å²) >= 11 is 0. The first-order valence-electron chi connectivity index (χ1n) is 12.0. The number of nitrogens with zero attached hydrogens (tertiary/aromatic N) is 1. The van der Waals surface area contributed by atoms with Crippen LogP contribution < -0.4 is 19.6 Å². The molecule has 0 radical (unpaired) electrons. The van der Waals surface area contributed by atoms with Crippen LogP contribution in [0, 0.1) is 6.92 Å². The third-order valence-corrected chi connectivity index (χ3v) is 5.71. The minimum absolute atomic E-state index is 0.277. The Labute approximate surface area is 221 Å². The summed E-state index contributed by atoms with van der Waals surface area (Å²) in [7, 11) is 1.48. The fraction of sp³-hybridized carbons (Fsp3) is 0.129. The van der Waals surface area contributed by atoms with Gasteiger partial charge >= 0.3 is 5.97 Å². The van der Waals surface area contributed by atoms with Crippen molar-refractivity contribution in [1.82, 2.24) is 5.43 Å². The molecule has 1 amide bonds. The van der Waals surface area contributed by atoms with Crippen molar-refractivity contribution in [2.75, 3.05) is 7.11 Å². The van der Waals surface area contributed by atoms with Gasteiger partial charge in [0.15, 0.2) is 17.6 Å². The molecule has 0 heterocycles. The van der Waals surface area contributed by atoms with Crippen LogP contribution in [0.5, 0.6) is 17.2 Å². The zero-order chi connectivity index (χ0) is 26.9. The van der Waals surface area contributed by atoms with E-state index in [2.05, 4.69) is 10.5 Å². The highest BCUT2D eigenvalue weighted by Gasteiger charge is 2.15. The van der Waals surface area contributed by atoms with Crippen molar-refractivity contribution in [2.45, 2.75) is 20.0 Å². The van der Waals surface area contributed by atoms with Crippen LogP contribution in [0.3, 0.4) is 0 Å². The van der Waals surface area contributed by atoms with Gasteiger partial charge in [-0.15, -0.1) is 0 Å². The van der Waals surface area contributed by atoms with Crippen molar-refractivity contribution in [2.24, 2.45) is 5.10 Å². The predicted molar refractivity (Wildman–Crippen MR) is 147 cm³/mol. The lowest BCUT2D eigenvalue weighted by molar-refractivity contribution is -0.127. The number of hydrogen-bond acceptors (Lipinski definition) is 6. The molecular formula is C31H28N2O5. The van der Waals surface area contributed by atoms with Crippen molar-refractivity contribution < 1.29 is 23.8 Å². The summed E-state index contributed by atoms with van der Waals surface area (Å²) in [5.41, 5.74) is 6.77. The number of carbonyl (C=O) groups excluding carboxylic acids is 2. The number of esters is 1. The number of hydrazone groups is 1. The van der Waals surface area contributed by atoms with Gasteiger partial charge in [0.25, 0.3) is 5.91 Å². The largest absolute Gasteiger partial charge is 0.493 e. The molecule has 0 aliphatic rings. The van der Waals surface area contributed by atoms with E-state index in [4.69, 9.17) is 14.2 Å². The van der Waals surface area contributed by atoms with Gasteiger partial charge in [-0.25, -0.2) is 10.2 Å². The standard InChI is InChI=1S/C31H28N2O5/c1-21-9-12-26(13-10-21)31(35)38-28-18-11-23(19-29(28)36-3)20-32-33-30(34)22(2)37-27-16-14-25(15-17-27)24-7-5-4-6-8-24/h4-20,22H,1-3H3,(H,33,34)/b32-20+. The summed E-state index contributed by atoms with van der Waals surface area (Å²) in [5.74, 6) is 0.331. The number of aryl methyl sites for hydroxylation is 1. The van der Waals surface area contributed by atoms with Gasteiger partial charge in [-0.2, -0.15) is 5.10 Å². The molecule has 0 fully saturated rings. The molecule has 0 aliphatic heterocycles. The minimum atomic E-state index is -0.757. The van der Waals surface area contributed by atoms with E-state index in [1.165, 1.54) is 13.3 Å². The highest BCUT2D eigenvalue weighted by molar-refractivity contribution is 5.91. The molecule has 0 aromatic heterocycles. The highest BCUT2D eigenvalue weighted by Crippen LogP contribution is 2.28. The molecular weight excluding hydrogens is 480 g/mol. The smallest absolute Gasteiger partial charge is 0.343 e. The molecule has 0 spiro atoms. The molecule has 192 valence electrons. The molecule has 0 saturated carbocycles. The maximum Gasteiger partial charge on any atom is 0.343 e. The molecule has 4 aromatic carbocycles. The summed E-state index contributed by atoms with van der Waals surface area (Å²) < 4.78 is 16.6. The first kappa shape index (κ1) is 26.2. The minimum Gasteiger partial charge on any atom is -0.493 e. The first-order valence-corrected chi connectivity index (χ1v) is 12.0. The Balaban J connectivity index is 1.32. The zero-order valence-corrected chi connectivity index (χ0v) is 21.4. The number of ether oxygens (including phenoxy) is 3. The summed E-state index contributed by atoms with van der Waals surface area (Å²) in [4.78, 5) is 24.9. The Morgan fingerprint density at radius 3 is 2.21 bits per heavy atom. The van der Waals surface area contributed by atoms with Crippen molar-refractivity contribution >= 4 is 18.1 Å². The van der Waals surface area contributed by atoms with Gasteiger partial charge in [-0.3, -0.25) is 4.79 Å². The molecule has 4 rings (SSSR count). The maximum atomic E-state index is 12.4. The lowest BCUT2D eigenvalue weighted by atomic mass is 10.1. The van der Waals surface area contributed by atoms with Crippen molar-refractivity contribution in [1.29, 1.82) is 0 Å². The van der Waals surface area contributed by atoms with Gasteiger partial charge in [-0.1, -0.05) is 60.2 Å². The second-order valence-corrected chi connectivity index (χ2v) is 8.55. The number of nitrogens with one attached hydrogen (secondary N) is 1. The summed E-state index contributed by atoms with van der Waals surface area (Å²) in [6.45, 7) is 3.59. The third kappa shape index (κ3) is 6.85. The van der Waals surface area contributed by atoms with Crippen molar-refractivity contribution in [3.8, 4) is 28.4 Å². The van der Waals surface area contributed by atoms with Gasteiger partial charge in [0.1, 0.15) is 5.75 Å². The molecule has 38 heavy (non-hydrogen) atoms. The Morgan fingerprint density at radius 2 is 1.53 bits per heavy atom. The summed E-state index contributed by atoms with van der Waals surface area (Å²) in [6.07, 6.45) is 0.709. The van der Waals surface area contributed by atoms with Crippen molar-refractivity contribution in [3.05, 3.63) is 114 Å². The highest BCUT2D eigenvalue weighted by atomic mass is 16.6. The van der Waals surface area contributed by atoms with Gasteiger partial charge in [0.05, 0.1) is 18.9 Å². The molecule has 7 nitrogen and oxygen atoms in total. The molecule has 4 aromatic rings. The lowest BCUT2D eigenvalue weighted by Gasteiger charge is -2.13. The van der Waals surface area contributed by atoms with Gasteiger partial charge < -0.3 is 14.2 Å². The number of amides is 1. The molecule has 0 bridgehead atoms. The number of carbonyl (C=O) groups is 2. The van der Waals surface area contributed by atoms with E-state index in [1.54, 1.807) is 37.3 Å². The maximum absolute atomic E-state index is 12.4. The third-order valence-electron chi connectivity index (χ3n) is 5.71. The van der Waals surface area contributed by atoms with Crippen molar-refractivity contribution in [3.63, 3.8) is 0 Å². The van der Waals surface area contributed by atoms with E-state index in [0.717, 1.165) is 16.7 Å². The molecule has 7 heteroatoms. The SMILES string of the molecule is COc1cc(/C=N/NC(=O)C(C)Oc2ccc(-c3ccccc3)cc2)ccc1OC(=O)c1ccc(C)cc1. The summed E-state index contributed by atoms with van der Waals surface area (Å²) in [6, 6.07) is 29.6.